The molecule has 0 aromatic rings. The van der Waals surface area contributed by atoms with Gasteiger partial charge in [0.15, 0.2) is 5.78 Å². The second-order valence-corrected chi connectivity index (χ2v) is 3.38. The Bertz CT molecular complexity index is 190. The van der Waals surface area contributed by atoms with Crippen LogP contribution >= 0.6 is 0 Å². The zero-order valence-electron chi connectivity index (χ0n) is 8.46. The van der Waals surface area contributed by atoms with Gasteiger partial charge in [-0.1, -0.05) is 20.8 Å². The van der Waals surface area contributed by atoms with E-state index in [0.717, 1.165) is 0 Å². The van der Waals surface area contributed by atoms with Crippen LogP contribution in [0, 0.1) is 5.92 Å². The van der Waals surface area contributed by atoms with Gasteiger partial charge < -0.3 is 11.1 Å². The summed E-state index contributed by atoms with van der Waals surface area (Å²) in [4.78, 5) is 22.1. The fourth-order valence-electron chi connectivity index (χ4n) is 0.731. The quantitative estimate of drug-likeness (QED) is 0.638. The lowest BCUT2D eigenvalue weighted by Gasteiger charge is -2.14. The number of nitrogens with one attached hydrogen (secondary N) is 1. The van der Waals surface area contributed by atoms with Crippen LogP contribution in [0.1, 0.15) is 27.2 Å². The summed E-state index contributed by atoms with van der Waals surface area (Å²) in [6.45, 7) is 5.59. The number of carbonyl (C=O) groups excluding carboxylic acids is 2. The van der Waals surface area contributed by atoms with Gasteiger partial charge in [0.1, 0.15) is 0 Å². The first-order valence-electron chi connectivity index (χ1n) is 4.54. The van der Waals surface area contributed by atoms with Crippen molar-refractivity contribution < 1.29 is 9.59 Å². The summed E-state index contributed by atoms with van der Waals surface area (Å²) in [6, 6.07) is -0.523. The van der Waals surface area contributed by atoms with Crippen LogP contribution in [0.15, 0.2) is 0 Å². The van der Waals surface area contributed by atoms with Crippen LogP contribution in [-0.2, 0) is 9.59 Å². The van der Waals surface area contributed by atoms with Crippen LogP contribution in [0.5, 0.6) is 0 Å². The molecule has 1 amide bonds. The first-order valence-corrected chi connectivity index (χ1v) is 4.54. The summed E-state index contributed by atoms with van der Waals surface area (Å²) >= 11 is 0. The smallest absolute Gasteiger partial charge is 0.237 e. The van der Waals surface area contributed by atoms with E-state index < -0.39 is 6.04 Å². The summed E-state index contributed by atoms with van der Waals surface area (Å²) in [7, 11) is 0. The van der Waals surface area contributed by atoms with Crippen LogP contribution in [0.2, 0.25) is 0 Å². The monoisotopic (exact) mass is 186 g/mol. The summed E-state index contributed by atoms with van der Waals surface area (Å²) in [5, 5.41) is 2.50. The molecular weight excluding hydrogens is 168 g/mol. The molecule has 0 aromatic carbocycles. The number of nitrogens with two attached hydrogens (primary N) is 1. The third-order valence-electron chi connectivity index (χ3n) is 1.88. The first kappa shape index (κ1) is 12.1. The maximum atomic E-state index is 11.2. The topological polar surface area (TPSA) is 72.2 Å². The van der Waals surface area contributed by atoms with Crippen molar-refractivity contribution in [1.82, 2.24) is 5.32 Å². The highest BCUT2D eigenvalue weighted by atomic mass is 16.2. The van der Waals surface area contributed by atoms with E-state index in [0.29, 0.717) is 6.42 Å². The Balaban J connectivity index is 3.81. The maximum Gasteiger partial charge on any atom is 0.237 e. The molecule has 4 heteroatoms. The molecule has 0 heterocycles. The van der Waals surface area contributed by atoms with Gasteiger partial charge >= 0.3 is 0 Å². The molecule has 0 saturated carbocycles. The van der Waals surface area contributed by atoms with Crippen LogP contribution < -0.4 is 11.1 Å². The van der Waals surface area contributed by atoms with Crippen LogP contribution in [-0.4, -0.2) is 24.3 Å². The third-order valence-corrected chi connectivity index (χ3v) is 1.88. The Morgan fingerprint density at radius 2 is 1.92 bits per heavy atom. The van der Waals surface area contributed by atoms with Crippen LogP contribution in [0.3, 0.4) is 0 Å². The highest BCUT2D eigenvalue weighted by Crippen LogP contribution is 1.97. The zero-order chi connectivity index (χ0) is 10.4. The minimum absolute atomic E-state index is 0.0179. The third kappa shape index (κ3) is 4.62. The average molecular weight is 186 g/mol. The number of Topliss-reactive ketones (excluding diaryl/α,β-unsaturated/α-hetero) is 1. The predicted octanol–water partition coefficient (Wildman–Crippen LogP) is 0.0650. The van der Waals surface area contributed by atoms with E-state index in [1.165, 1.54) is 0 Å². The van der Waals surface area contributed by atoms with Crippen molar-refractivity contribution in [3.05, 3.63) is 0 Å². The molecule has 0 fully saturated rings. The largest absolute Gasteiger partial charge is 0.348 e. The summed E-state index contributed by atoms with van der Waals surface area (Å²) in [6.07, 6.45) is 0.442. The lowest BCUT2D eigenvalue weighted by atomic mass is 10.1. The normalized spacial score (nSPS) is 12.7. The van der Waals surface area contributed by atoms with E-state index in [2.05, 4.69) is 5.32 Å². The molecule has 4 nitrogen and oxygen atoms in total. The molecule has 0 radical (unpaired) electrons. The Labute approximate surface area is 78.9 Å². The van der Waals surface area contributed by atoms with E-state index in [1.807, 2.05) is 13.8 Å². The molecule has 0 aliphatic carbocycles. The van der Waals surface area contributed by atoms with Crippen molar-refractivity contribution in [2.75, 3.05) is 6.54 Å². The number of hydrogen-bond acceptors (Lipinski definition) is 3. The molecule has 0 aromatic heterocycles. The van der Waals surface area contributed by atoms with Crippen LogP contribution in [0.4, 0.5) is 0 Å². The number of ketones is 1. The van der Waals surface area contributed by atoms with Crippen molar-refractivity contribution in [3.63, 3.8) is 0 Å². The SMILES string of the molecule is CCC(=O)CNC(=O)C(N)C(C)C. The predicted molar refractivity (Wildman–Crippen MR) is 51.1 cm³/mol. The lowest BCUT2D eigenvalue weighted by molar-refractivity contribution is -0.126. The van der Waals surface area contributed by atoms with Gasteiger partial charge in [0.25, 0.3) is 0 Å². The van der Waals surface area contributed by atoms with Gasteiger partial charge in [0, 0.05) is 6.42 Å². The van der Waals surface area contributed by atoms with Crippen molar-refractivity contribution in [2.45, 2.75) is 33.2 Å². The molecule has 1 unspecified atom stereocenters. The summed E-state index contributed by atoms with van der Waals surface area (Å²) in [5.41, 5.74) is 5.56. The van der Waals surface area contributed by atoms with E-state index in [4.69, 9.17) is 5.73 Å². The van der Waals surface area contributed by atoms with Gasteiger partial charge in [-0.25, -0.2) is 0 Å². The number of rotatable bonds is 5. The highest BCUT2D eigenvalue weighted by molar-refractivity contribution is 5.88. The fourth-order valence-corrected chi connectivity index (χ4v) is 0.731. The minimum Gasteiger partial charge on any atom is -0.348 e. The van der Waals surface area contributed by atoms with Gasteiger partial charge in [-0.05, 0) is 5.92 Å². The molecule has 76 valence electrons. The van der Waals surface area contributed by atoms with E-state index in [1.54, 1.807) is 6.92 Å². The van der Waals surface area contributed by atoms with E-state index >= 15 is 0 Å². The molecule has 13 heavy (non-hydrogen) atoms. The van der Waals surface area contributed by atoms with Gasteiger partial charge in [-0.2, -0.15) is 0 Å². The second-order valence-electron chi connectivity index (χ2n) is 3.38. The molecule has 3 N–H and O–H groups in total. The van der Waals surface area contributed by atoms with Crippen molar-refractivity contribution in [3.8, 4) is 0 Å². The molecular formula is C9H18N2O2. The second kappa shape index (κ2) is 5.70. The fraction of sp³-hybridized carbons (Fsp3) is 0.778. The molecule has 0 bridgehead atoms. The number of hydrogen-bond donors (Lipinski definition) is 2. The Morgan fingerprint density at radius 1 is 1.38 bits per heavy atom. The lowest BCUT2D eigenvalue weighted by Crippen LogP contribution is -2.45. The molecule has 1 atom stereocenters. The van der Waals surface area contributed by atoms with Gasteiger partial charge in [0.05, 0.1) is 12.6 Å². The van der Waals surface area contributed by atoms with Gasteiger partial charge in [0.2, 0.25) is 5.91 Å². The standard InChI is InChI=1S/C9H18N2O2/c1-4-7(12)5-11-9(13)8(10)6(2)3/h6,8H,4-5,10H2,1-3H3,(H,11,13). The molecule has 0 rings (SSSR count). The number of amides is 1. The zero-order valence-corrected chi connectivity index (χ0v) is 8.46. The minimum atomic E-state index is -0.523. The average Bonchev–Trinajstić information content (AvgIpc) is 2.11. The van der Waals surface area contributed by atoms with Gasteiger partial charge in [-0.15, -0.1) is 0 Å². The van der Waals surface area contributed by atoms with Gasteiger partial charge in [-0.3, -0.25) is 9.59 Å². The van der Waals surface area contributed by atoms with Crippen molar-refractivity contribution in [1.29, 1.82) is 0 Å². The first-order chi connectivity index (χ1) is 5.99. The Kier molecular flexibility index (Phi) is 5.30. The molecule has 0 spiro atoms. The molecule has 0 aliphatic heterocycles. The Hall–Kier alpha value is -0.900. The van der Waals surface area contributed by atoms with Crippen molar-refractivity contribution in [2.24, 2.45) is 11.7 Å². The maximum absolute atomic E-state index is 11.2. The van der Waals surface area contributed by atoms with Crippen molar-refractivity contribution >= 4 is 11.7 Å². The van der Waals surface area contributed by atoms with Crippen LogP contribution in [0.25, 0.3) is 0 Å². The van der Waals surface area contributed by atoms with E-state index in [-0.39, 0.29) is 24.2 Å². The highest BCUT2D eigenvalue weighted by Gasteiger charge is 2.16. The van der Waals surface area contributed by atoms with E-state index in [9.17, 15) is 9.59 Å². The molecule has 0 aliphatic rings. The Morgan fingerprint density at radius 3 is 2.31 bits per heavy atom. The molecule has 0 saturated heterocycles. The number of carbonyl (C=O) groups is 2. The summed E-state index contributed by atoms with van der Waals surface area (Å²) in [5.74, 6) is -0.141. The summed E-state index contributed by atoms with van der Waals surface area (Å²) < 4.78 is 0.